The van der Waals surface area contributed by atoms with Crippen molar-refractivity contribution in [3.05, 3.63) is 24.3 Å². The van der Waals surface area contributed by atoms with Crippen molar-refractivity contribution in [1.29, 1.82) is 0 Å². The fourth-order valence-corrected chi connectivity index (χ4v) is 1.79. The molecule has 3 N–H and O–H groups in total. The highest BCUT2D eigenvalue weighted by atomic mass is 16.5. The Labute approximate surface area is 126 Å². The van der Waals surface area contributed by atoms with Gasteiger partial charge < -0.3 is 20.5 Å². The van der Waals surface area contributed by atoms with Crippen LogP contribution in [0.25, 0.3) is 0 Å². The number of carbonyl (C=O) groups is 1. The van der Waals surface area contributed by atoms with Crippen molar-refractivity contribution in [3.63, 3.8) is 0 Å². The van der Waals surface area contributed by atoms with Gasteiger partial charge in [-0.2, -0.15) is 0 Å². The zero-order valence-corrected chi connectivity index (χ0v) is 13.1. The lowest BCUT2D eigenvalue weighted by molar-refractivity contribution is -0.123. The second-order valence-corrected chi connectivity index (χ2v) is 5.21. The molecule has 5 heteroatoms. The maximum atomic E-state index is 11.9. The number of carbonyl (C=O) groups excluding carboxylic acids is 1. The van der Waals surface area contributed by atoms with Gasteiger partial charge >= 0.3 is 0 Å². The summed E-state index contributed by atoms with van der Waals surface area (Å²) in [4.78, 5) is 11.9. The second-order valence-electron chi connectivity index (χ2n) is 5.21. The standard InChI is InChI=1S/C16H26N2O3/c1-4-20-11-14(12(2)3)18-16(19)9-10-21-15-8-6-5-7-13(15)17/h5-8,12,14H,4,9-11,17H2,1-3H3,(H,18,19). The molecule has 0 saturated carbocycles. The topological polar surface area (TPSA) is 73.6 Å². The third kappa shape index (κ3) is 6.49. The van der Waals surface area contributed by atoms with Gasteiger partial charge in [0.15, 0.2) is 0 Å². The number of nitrogens with one attached hydrogen (secondary N) is 1. The molecule has 1 unspecified atom stereocenters. The summed E-state index contributed by atoms with van der Waals surface area (Å²) < 4.78 is 10.9. The molecule has 5 nitrogen and oxygen atoms in total. The predicted octanol–water partition coefficient (Wildman–Crippen LogP) is 2.21. The Morgan fingerprint density at radius 3 is 2.67 bits per heavy atom. The minimum Gasteiger partial charge on any atom is -0.491 e. The Bertz CT molecular complexity index is 435. The molecule has 0 heterocycles. The second kappa shape index (κ2) is 9.23. The van der Waals surface area contributed by atoms with Gasteiger partial charge in [0.2, 0.25) is 5.91 Å². The zero-order chi connectivity index (χ0) is 15.7. The number of anilines is 1. The first-order chi connectivity index (χ1) is 10.0. The molecule has 0 saturated heterocycles. The maximum absolute atomic E-state index is 11.9. The van der Waals surface area contributed by atoms with Gasteiger partial charge in [0, 0.05) is 6.61 Å². The molecule has 0 aliphatic heterocycles. The lowest BCUT2D eigenvalue weighted by atomic mass is 10.1. The van der Waals surface area contributed by atoms with Gasteiger partial charge in [0.05, 0.1) is 31.4 Å². The maximum Gasteiger partial charge on any atom is 0.223 e. The van der Waals surface area contributed by atoms with Crippen molar-refractivity contribution in [2.75, 3.05) is 25.6 Å². The summed E-state index contributed by atoms with van der Waals surface area (Å²) in [6, 6.07) is 7.28. The fraction of sp³-hybridized carbons (Fsp3) is 0.562. The molecule has 21 heavy (non-hydrogen) atoms. The van der Waals surface area contributed by atoms with Crippen molar-refractivity contribution in [3.8, 4) is 5.75 Å². The minimum absolute atomic E-state index is 0.0271. The van der Waals surface area contributed by atoms with E-state index in [9.17, 15) is 4.79 Å². The monoisotopic (exact) mass is 294 g/mol. The van der Waals surface area contributed by atoms with Crippen LogP contribution in [0, 0.1) is 5.92 Å². The number of benzene rings is 1. The van der Waals surface area contributed by atoms with Crippen LogP contribution in [0.15, 0.2) is 24.3 Å². The highest BCUT2D eigenvalue weighted by Crippen LogP contribution is 2.19. The van der Waals surface area contributed by atoms with Gasteiger partial charge in [-0.25, -0.2) is 0 Å². The first-order valence-corrected chi connectivity index (χ1v) is 7.39. The Hall–Kier alpha value is -1.75. The van der Waals surface area contributed by atoms with E-state index in [0.29, 0.717) is 43.6 Å². The first kappa shape index (κ1) is 17.3. The summed E-state index contributed by atoms with van der Waals surface area (Å²) in [7, 11) is 0. The van der Waals surface area contributed by atoms with Crippen LogP contribution in [0.5, 0.6) is 5.75 Å². The van der Waals surface area contributed by atoms with E-state index >= 15 is 0 Å². The Kier molecular flexibility index (Phi) is 7.61. The van der Waals surface area contributed by atoms with Crippen LogP contribution in [0.1, 0.15) is 27.2 Å². The molecule has 1 aromatic carbocycles. The van der Waals surface area contributed by atoms with Gasteiger partial charge in [0.25, 0.3) is 0 Å². The molecule has 1 atom stereocenters. The third-order valence-electron chi connectivity index (χ3n) is 3.16. The Morgan fingerprint density at radius 2 is 2.05 bits per heavy atom. The van der Waals surface area contributed by atoms with Gasteiger partial charge in [-0.3, -0.25) is 4.79 Å². The molecule has 1 aromatic rings. The van der Waals surface area contributed by atoms with Crippen LogP contribution >= 0.6 is 0 Å². The van der Waals surface area contributed by atoms with Gasteiger partial charge in [-0.05, 0) is 25.0 Å². The normalized spacial score (nSPS) is 12.2. The first-order valence-electron chi connectivity index (χ1n) is 7.39. The average molecular weight is 294 g/mol. The fourth-order valence-electron chi connectivity index (χ4n) is 1.79. The number of hydrogen-bond acceptors (Lipinski definition) is 4. The van der Waals surface area contributed by atoms with Gasteiger partial charge in [0.1, 0.15) is 5.75 Å². The van der Waals surface area contributed by atoms with E-state index in [4.69, 9.17) is 15.2 Å². The molecule has 0 aliphatic rings. The summed E-state index contributed by atoms with van der Waals surface area (Å²) in [5.74, 6) is 0.897. The van der Waals surface area contributed by atoms with Gasteiger partial charge in [-0.1, -0.05) is 26.0 Å². The van der Waals surface area contributed by atoms with Crippen LogP contribution < -0.4 is 15.8 Å². The molecular formula is C16H26N2O3. The third-order valence-corrected chi connectivity index (χ3v) is 3.16. The van der Waals surface area contributed by atoms with E-state index in [1.807, 2.05) is 19.1 Å². The van der Waals surface area contributed by atoms with Crippen LogP contribution in [0.4, 0.5) is 5.69 Å². The number of rotatable bonds is 9. The molecule has 0 radical (unpaired) electrons. The van der Waals surface area contributed by atoms with E-state index < -0.39 is 0 Å². The van der Waals surface area contributed by atoms with Crippen LogP contribution in [0.3, 0.4) is 0 Å². The smallest absolute Gasteiger partial charge is 0.223 e. The number of nitrogens with two attached hydrogens (primary N) is 1. The minimum atomic E-state index is -0.0390. The van der Waals surface area contributed by atoms with Crippen LogP contribution in [-0.4, -0.2) is 31.8 Å². The number of nitrogen functional groups attached to an aromatic ring is 1. The van der Waals surface area contributed by atoms with Crippen molar-refractivity contribution < 1.29 is 14.3 Å². The average Bonchev–Trinajstić information content (AvgIpc) is 2.45. The van der Waals surface area contributed by atoms with E-state index in [2.05, 4.69) is 19.2 Å². The van der Waals surface area contributed by atoms with Crippen LogP contribution in [0.2, 0.25) is 0 Å². The molecule has 0 bridgehead atoms. The van der Waals surface area contributed by atoms with E-state index in [-0.39, 0.29) is 11.9 Å². The van der Waals surface area contributed by atoms with Gasteiger partial charge in [-0.15, -0.1) is 0 Å². The van der Waals surface area contributed by atoms with Crippen molar-refractivity contribution in [2.24, 2.45) is 5.92 Å². The lowest BCUT2D eigenvalue weighted by Crippen LogP contribution is -2.42. The summed E-state index contributed by atoms with van der Waals surface area (Å²) in [5.41, 5.74) is 6.35. The highest BCUT2D eigenvalue weighted by Gasteiger charge is 2.16. The highest BCUT2D eigenvalue weighted by molar-refractivity contribution is 5.76. The summed E-state index contributed by atoms with van der Waals surface area (Å²) in [6.45, 7) is 7.55. The summed E-state index contributed by atoms with van der Waals surface area (Å²) >= 11 is 0. The van der Waals surface area contributed by atoms with Crippen molar-refractivity contribution in [2.45, 2.75) is 33.2 Å². The molecule has 0 fully saturated rings. The van der Waals surface area contributed by atoms with E-state index in [1.54, 1.807) is 12.1 Å². The zero-order valence-electron chi connectivity index (χ0n) is 13.1. The van der Waals surface area contributed by atoms with Crippen molar-refractivity contribution in [1.82, 2.24) is 5.32 Å². The number of hydrogen-bond donors (Lipinski definition) is 2. The van der Waals surface area contributed by atoms with E-state index in [0.717, 1.165) is 0 Å². The molecule has 0 spiro atoms. The number of ether oxygens (including phenoxy) is 2. The van der Waals surface area contributed by atoms with Crippen LogP contribution in [-0.2, 0) is 9.53 Å². The lowest BCUT2D eigenvalue weighted by Gasteiger charge is -2.22. The summed E-state index contributed by atoms with van der Waals surface area (Å²) in [6.07, 6.45) is 0.295. The molecule has 1 rings (SSSR count). The largest absolute Gasteiger partial charge is 0.491 e. The molecular weight excluding hydrogens is 268 g/mol. The quantitative estimate of drug-likeness (QED) is 0.685. The molecule has 1 amide bonds. The predicted molar refractivity (Wildman–Crippen MR) is 84.2 cm³/mol. The Morgan fingerprint density at radius 1 is 1.33 bits per heavy atom. The molecule has 0 aromatic heterocycles. The SMILES string of the molecule is CCOCC(NC(=O)CCOc1ccccc1N)C(C)C. The number of para-hydroxylation sites is 2. The molecule has 118 valence electrons. The molecule has 0 aliphatic carbocycles. The Balaban J connectivity index is 2.34. The van der Waals surface area contributed by atoms with E-state index in [1.165, 1.54) is 0 Å². The number of amides is 1. The summed E-state index contributed by atoms with van der Waals surface area (Å²) in [5, 5.41) is 2.98. The van der Waals surface area contributed by atoms with Crippen molar-refractivity contribution >= 4 is 11.6 Å².